The monoisotopic (exact) mass is 569 g/mol. The molecule has 9 heteroatoms. The zero-order chi connectivity index (χ0) is 30.6. The molecule has 41 heavy (non-hydrogen) atoms. The van der Waals surface area contributed by atoms with E-state index in [0.717, 1.165) is 17.5 Å². The fourth-order valence-electron chi connectivity index (χ4n) is 3.97. The van der Waals surface area contributed by atoms with Gasteiger partial charge in [0, 0.05) is 19.0 Å². The Kier molecular flexibility index (Phi) is 12.5. The highest BCUT2D eigenvalue weighted by molar-refractivity contribution is 5.92. The number of phenols is 1. The number of ether oxygens (including phenoxy) is 2. The Bertz CT molecular complexity index is 1140. The normalized spacial score (nSPS) is 13.0. The van der Waals surface area contributed by atoms with E-state index in [0.29, 0.717) is 24.4 Å². The maximum atomic E-state index is 12.6. The van der Waals surface area contributed by atoms with Crippen molar-refractivity contribution in [3.8, 4) is 5.75 Å². The lowest BCUT2D eigenvalue weighted by Gasteiger charge is -2.32. The zero-order valence-corrected chi connectivity index (χ0v) is 25.5. The van der Waals surface area contributed by atoms with Crippen LogP contribution >= 0.6 is 0 Å². The number of anilines is 1. The number of nitrogens with one attached hydrogen (secondary N) is 3. The van der Waals surface area contributed by atoms with Gasteiger partial charge >= 0.3 is 12.2 Å². The number of hydrogen-bond donors (Lipinski definition) is 4. The fraction of sp³-hybridized carbons (Fsp3) is 0.531. The van der Waals surface area contributed by atoms with E-state index in [1.165, 1.54) is 6.07 Å². The lowest BCUT2D eigenvalue weighted by Crippen LogP contribution is -2.42. The molecule has 0 aromatic heterocycles. The van der Waals surface area contributed by atoms with E-state index in [9.17, 15) is 19.5 Å². The first-order valence-electron chi connectivity index (χ1n) is 14.2. The molecule has 226 valence electrons. The van der Waals surface area contributed by atoms with Gasteiger partial charge in [0.15, 0.2) is 0 Å². The number of aromatic hydroxyl groups is 1. The van der Waals surface area contributed by atoms with E-state index in [4.69, 9.17) is 9.47 Å². The van der Waals surface area contributed by atoms with E-state index >= 15 is 0 Å². The van der Waals surface area contributed by atoms with Crippen molar-refractivity contribution < 1.29 is 29.0 Å². The maximum Gasteiger partial charge on any atom is 0.407 e. The van der Waals surface area contributed by atoms with Crippen molar-refractivity contribution >= 4 is 23.8 Å². The smallest absolute Gasteiger partial charge is 0.407 e. The van der Waals surface area contributed by atoms with Crippen LogP contribution in [0.2, 0.25) is 0 Å². The van der Waals surface area contributed by atoms with E-state index in [1.54, 1.807) is 12.1 Å². The van der Waals surface area contributed by atoms with Gasteiger partial charge in [0.2, 0.25) is 5.91 Å². The third-order valence-electron chi connectivity index (χ3n) is 6.72. The predicted molar refractivity (Wildman–Crippen MR) is 161 cm³/mol. The van der Waals surface area contributed by atoms with Crippen molar-refractivity contribution in [2.75, 3.05) is 11.9 Å². The zero-order valence-electron chi connectivity index (χ0n) is 25.5. The Hall–Kier alpha value is -3.75. The van der Waals surface area contributed by atoms with Gasteiger partial charge in [0.25, 0.3) is 0 Å². The van der Waals surface area contributed by atoms with Crippen LogP contribution in [-0.4, -0.2) is 41.4 Å². The van der Waals surface area contributed by atoms with Crippen LogP contribution in [0, 0.1) is 11.3 Å². The van der Waals surface area contributed by atoms with Crippen LogP contribution in [0.15, 0.2) is 48.5 Å². The number of amides is 3. The average molecular weight is 570 g/mol. The van der Waals surface area contributed by atoms with Crippen molar-refractivity contribution in [3.05, 3.63) is 59.7 Å². The Balaban J connectivity index is 1.91. The highest BCUT2D eigenvalue weighted by Gasteiger charge is 2.26. The first-order chi connectivity index (χ1) is 19.1. The summed E-state index contributed by atoms with van der Waals surface area (Å²) in [5, 5.41) is 18.8. The van der Waals surface area contributed by atoms with E-state index in [1.807, 2.05) is 51.1 Å². The minimum absolute atomic E-state index is 0.0510. The Labute approximate surface area is 244 Å². The van der Waals surface area contributed by atoms with Gasteiger partial charge in [-0.3, -0.25) is 4.79 Å². The maximum absolute atomic E-state index is 12.6. The molecule has 0 saturated carbocycles. The highest BCUT2D eigenvalue weighted by Crippen LogP contribution is 2.31. The summed E-state index contributed by atoms with van der Waals surface area (Å²) in [6.45, 7) is 14.6. The lowest BCUT2D eigenvalue weighted by molar-refractivity contribution is -0.116. The van der Waals surface area contributed by atoms with Crippen LogP contribution < -0.4 is 16.0 Å². The molecule has 2 rings (SSSR count). The summed E-state index contributed by atoms with van der Waals surface area (Å²) in [7, 11) is 0. The molecule has 2 aromatic rings. The predicted octanol–water partition coefficient (Wildman–Crippen LogP) is 6.55. The summed E-state index contributed by atoms with van der Waals surface area (Å²) in [5.41, 5.74) is 1.47. The van der Waals surface area contributed by atoms with Crippen molar-refractivity contribution in [3.63, 3.8) is 0 Å². The summed E-state index contributed by atoms with van der Waals surface area (Å²) in [6.07, 6.45) is 0.751. The molecule has 0 spiro atoms. The van der Waals surface area contributed by atoms with Crippen LogP contribution in [0.3, 0.4) is 0 Å². The van der Waals surface area contributed by atoms with Gasteiger partial charge in [0.05, 0.1) is 5.69 Å². The molecule has 0 fully saturated rings. The SMILES string of the molecule is CC(C[C@H](Cc1ccc(O)c(NC(=O)CCCNC(=O)OCc2ccccc2)c1)NC(=O)OC(C)(C)C)C(C)(C)C. The van der Waals surface area contributed by atoms with Gasteiger partial charge in [-0.1, -0.05) is 64.1 Å². The van der Waals surface area contributed by atoms with E-state index < -0.39 is 17.8 Å². The van der Waals surface area contributed by atoms with Gasteiger partial charge in [-0.2, -0.15) is 0 Å². The number of hydrogen-bond acceptors (Lipinski definition) is 6. The second-order valence-electron chi connectivity index (χ2n) is 12.5. The molecule has 0 saturated heterocycles. The van der Waals surface area contributed by atoms with Gasteiger partial charge in [-0.25, -0.2) is 9.59 Å². The van der Waals surface area contributed by atoms with E-state index in [-0.39, 0.29) is 42.7 Å². The highest BCUT2D eigenvalue weighted by atomic mass is 16.6. The van der Waals surface area contributed by atoms with Crippen LogP contribution in [0.25, 0.3) is 0 Å². The summed E-state index contributed by atoms with van der Waals surface area (Å²) >= 11 is 0. The third-order valence-corrected chi connectivity index (χ3v) is 6.72. The molecule has 0 radical (unpaired) electrons. The van der Waals surface area contributed by atoms with Crippen LogP contribution in [0.5, 0.6) is 5.75 Å². The average Bonchev–Trinajstić information content (AvgIpc) is 2.86. The quantitative estimate of drug-likeness (QED) is 0.170. The first-order valence-corrected chi connectivity index (χ1v) is 14.2. The molecular weight excluding hydrogens is 522 g/mol. The van der Waals surface area contributed by atoms with Gasteiger partial charge < -0.3 is 30.5 Å². The molecule has 4 N–H and O–H groups in total. The fourth-order valence-corrected chi connectivity index (χ4v) is 3.97. The molecule has 2 atom stereocenters. The van der Waals surface area contributed by atoms with Crippen molar-refractivity contribution in [2.24, 2.45) is 11.3 Å². The number of benzene rings is 2. The topological polar surface area (TPSA) is 126 Å². The largest absolute Gasteiger partial charge is 0.506 e. The molecule has 0 heterocycles. The molecule has 9 nitrogen and oxygen atoms in total. The summed E-state index contributed by atoms with van der Waals surface area (Å²) in [6, 6.07) is 14.2. The molecule has 3 amide bonds. The molecule has 0 aliphatic rings. The summed E-state index contributed by atoms with van der Waals surface area (Å²) < 4.78 is 10.6. The molecule has 0 bridgehead atoms. The second-order valence-corrected chi connectivity index (χ2v) is 12.5. The van der Waals surface area contributed by atoms with Gasteiger partial charge in [-0.15, -0.1) is 0 Å². The van der Waals surface area contributed by atoms with E-state index in [2.05, 4.69) is 43.6 Å². The first kappa shape index (κ1) is 33.5. The van der Waals surface area contributed by atoms with Crippen molar-refractivity contribution in [1.82, 2.24) is 10.6 Å². The molecule has 1 unspecified atom stereocenters. The summed E-state index contributed by atoms with van der Waals surface area (Å²) in [5.74, 6) is -0.0333. The number of carbonyl (C=O) groups is 3. The number of rotatable bonds is 12. The lowest BCUT2D eigenvalue weighted by atomic mass is 9.78. The molecule has 2 aromatic carbocycles. The van der Waals surface area contributed by atoms with Crippen molar-refractivity contribution in [1.29, 1.82) is 0 Å². The Morgan fingerprint density at radius 3 is 2.24 bits per heavy atom. The van der Waals surface area contributed by atoms with Crippen LogP contribution in [-0.2, 0) is 27.3 Å². The van der Waals surface area contributed by atoms with Crippen LogP contribution in [0.4, 0.5) is 15.3 Å². The Morgan fingerprint density at radius 2 is 1.61 bits per heavy atom. The molecule has 0 aliphatic heterocycles. The Morgan fingerprint density at radius 1 is 0.927 bits per heavy atom. The second kappa shape index (κ2) is 15.3. The minimum atomic E-state index is -0.613. The van der Waals surface area contributed by atoms with Crippen molar-refractivity contribution in [2.45, 2.75) is 92.4 Å². The third kappa shape index (κ3) is 13.4. The van der Waals surface area contributed by atoms with Gasteiger partial charge in [0.1, 0.15) is 18.0 Å². The molecular formula is C32H47N3O6. The minimum Gasteiger partial charge on any atom is -0.506 e. The standard InChI is InChI=1S/C32H47N3O6/c1-22(31(2,3)4)18-25(34-30(39)41-32(5,6)7)19-24-15-16-27(36)26(20-24)35-28(37)14-11-17-33-29(38)40-21-23-12-9-8-10-13-23/h8-10,12-13,15-16,20,22,25,36H,11,14,17-19,21H2,1-7H3,(H,33,38)(H,34,39)(H,35,37)/t22?,25-/m1/s1. The summed E-state index contributed by atoms with van der Waals surface area (Å²) in [4.78, 5) is 37.0. The number of alkyl carbamates (subject to hydrolysis) is 2. The van der Waals surface area contributed by atoms with Gasteiger partial charge in [-0.05, 0) is 74.6 Å². The number of carbonyl (C=O) groups excluding carboxylic acids is 3. The molecule has 0 aliphatic carbocycles. The van der Waals surface area contributed by atoms with Crippen LogP contribution in [0.1, 0.15) is 78.9 Å². The number of phenolic OH excluding ortho intramolecular Hbond substituents is 1.